The molecule has 0 aliphatic heterocycles. The zero-order valence-electron chi connectivity index (χ0n) is 9.91. The van der Waals surface area contributed by atoms with Crippen molar-refractivity contribution in [2.24, 2.45) is 0 Å². The third kappa shape index (κ3) is 1.94. The van der Waals surface area contributed by atoms with Crippen LogP contribution in [-0.2, 0) is 0 Å². The summed E-state index contributed by atoms with van der Waals surface area (Å²) in [7, 11) is 0. The molecular weight excluding hydrogens is 196 g/mol. The van der Waals surface area contributed by atoms with Crippen LogP contribution in [0.25, 0.3) is 11.1 Å². The second kappa shape index (κ2) is 4.01. The fourth-order valence-corrected chi connectivity index (χ4v) is 2.15. The zero-order chi connectivity index (χ0) is 11.7. The van der Waals surface area contributed by atoms with E-state index in [4.69, 9.17) is 0 Å². The van der Waals surface area contributed by atoms with Crippen LogP contribution in [-0.4, -0.2) is 5.11 Å². The molecule has 0 aromatic heterocycles. The van der Waals surface area contributed by atoms with Gasteiger partial charge in [0, 0.05) is 5.56 Å². The van der Waals surface area contributed by atoms with Gasteiger partial charge in [-0.25, -0.2) is 0 Å². The van der Waals surface area contributed by atoms with Crippen molar-refractivity contribution in [3.8, 4) is 16.9 Å². The Morgan fingerprint density at radius 2 is 1.50 bits per heavy atom. The molecule has 0 amide bonds. The molecule has 0 atom stereocenters. The SMILES string of the molecule is Cc1cc(C)cc(-c2c(C)cccc2O)c1. The van der Waals surface area contributed by atoms with Gasteiger partial charge in [0.05, 0.1) is 0 Å². The molecule has 0 bridgehead atoms. The number of benzene rings is 2. The summed E-state index contributed by atoms with van der Waals surface area (Å²) in [5.74, 6) is 0.352. The minimum atomic E-state index is 0.352. The van der Waals surface area contributed by atoms with Gasteiger partial charge >= 0.3 is 0 Å². The van der Waals surface area contributed by atoms with Crippen molar-refractivity contribution < 1.29 is 5.11 Å². The van der Waals surface area contributed by atoms with Crippen molar-refractivity contribution >= 4 is 0 Å². The Balaban J connectivity index is 2.67. The van der Waals surface area contributed by atoms with Crippen LogP contribution in [0.15, 0.2) is 36.4 Å². The summed E-state index contributed by atoms with van der Waals surface area (Å²) in [6, 6.07) is 12.0. The topological polar surface area (TPSA) is 20.2 Å². The van der Waals surface area contributed by atoms with E-state index in [1.54, 1.807) is 6.07 Å². The molecule has 0 heterocycles. The standard InChI is InChI=1S/C15H16O/c1-10-7-11(2)9-13(8-10)15-12(3)5-4-6-14(15)16/h4-9,16H,1-3H3. The highest BCUT2D eigenvalue weighted by Gasteiger charge is 2.07. The summed E-state index contributed by atoms with van der Waals surface area (Å²) in [5.41, 5.74) is 5.57. The molecule has 82 valence electrons. The van der Waals surface area contributed by atoms with Crippen LogP contribution in [0.5, 0.6) is 5.75 Å². The smallest absolute Gasteiger partial charge is 0.123 e. The highest BCUT2D eigenvalue weighted by Crippen LogP contribution is 2.33. The minimum absolute atomic E-state index is 0.352. The van der Waals surface area contributed by atoms with E-state index in [2.05, 4.69) is 32.0 Å². The summed E-state index contributed by atoms with van der Waals surface area (Å²) in [4.78, 5) is 0. The van der Waals surface area contributed by atoms with Crippen molar-refractivity contribution in [2.75, 3.05) is 0 Å². The largest absolute Gasteiger partial charge is 0.507 e. The minimum Gasteiger partial charge on any atom is -0.507 e. The Morgan fingerprint density at radius 3 is 2.06 bits per heavy atom. The van der Waals surface area contributed by atoms with Crippen molar-refractivity contribution in [3.63, 3.8) is 0 Å². The number of hydrogen-bond donors (Lipinski definition) is 1. The maximum atomic E-state index is 9.93. The van der Waals surface area contributed by atoms with E-state index < -0.39 is 0 Å². The highest BCUT2D eigenvalue weighted by molar-refractivity contribution is 5.74. The number of rotatable bonds is 1. The van der Waals surface area contributed by atoms with E-state index in [1.165, 1.54) is 11.1 Å². The van der Waals surface area contributed by atoms with Gasteiger partial charge in [-0.1, -0.05) is 41.5 Å². The molecular formula is C15H16O. The van der Waals surface area contributed by atoms with Gasteiger partial charge in [-0.3, -0.25) is 0 Å². The fourth-order valence-electron chi connectivity index (χ4n) is 2.15. The molecule has 0 spiro atoms. The lowest BCUT2D eigenvalue weighted by Crippen LogP contribution is -1.86. The predicted octanol–water partition coefficient (Wildman–Crippen LogP) is 3.98. The molecule has 1 nitrogen and oxygen atoms in total. The first-order valence-electron chi connectivity index (χ1n) is 5.45. The van der Waals surface area contributed by atoms with E-state index in [0.29, 0.717) is 5.75 Å². The maximum Gasteiger partial charge on any atom is 0.123 e. The predicted molar refractivity (Wildman–Crippen MR) is 67.8 cm³/mol. The van der Waals surface area contributed by atoms with E-state index >= 15 is 0 Å². The zero-order valence-corrected chi connectivity index (χ0v) is 9.91. The maximum absolute atomic E-state index is 9.93. The number of phenolic OH excluding ortho intramolecular Hbond substituents is 1. The quantitative estimate of drug-likeness (QED) is 0.758. The van der Waals surface area contributed by atoms with Crippen molar-refractivity contribution in [2.45, 2.75) is 20.8 Å². The van der Waals surface area contributed by atoms with Gasteiger partial charge in [-0.2, -0.15) is 0 Å². The van der Waals surface area contributed by atoms with Gasteiger partial charge in [-0.15, -0.1) is 0 Å². The van der Waals surface area contributed by atoms with E-state index in [9.17, 15) is 5.11 Å². The van der Waals surface area contributed by atoms with Crippen LogP contribution in [0, 0.1) is 20.8 Å². The highest BCUT2D eigenvalue weighted by atomic mass is 16.3. The average Bonchev–Trinajstić information content (AvgIpc) is 2.15. The van der Waals surface area contributed by atoms with Gasteiger partial charge in [0.1, 0.15) is 5.75 Å². The van der Waals surface area contributed by atoms with Crippen LogP contribution in [0.1, 0.15) is 16.7 Å². The lowest BCUT2D eigenvalue weighted by Gasteiger charge is -2.10. The molecule has 0 aliphatic carbocycles. The van der Waals surface area contributed by atoms with Crippen molar-refractivity contribution in [1.29, 1.82) is 0 Å². The van der Waals surface area contributed by atoms with Gasteiger partial charge in [0.2, 0.25) is 0 Å². The molecule has 16 heavy (non-hydrogen) atoms. The second-order valence-electron chi connectivity index (χ2n) is 4.35. The molecule has 0 fully saturated rings. The first-order valence-corrected chi connectivity index (χ1v) is 5.45. The fraction of sp³-hybridized carbons (Fsp3) is 0.200. The van der Waals surface area contributed by atoms with E-state index in [0.717, 1.165) is 16.7 Å². The Kier molecular flexibility index (Phi) is 2.69. The summed E-state index contributed by atoms with van der Waals surface area (Å²) in [6.45, 7) is 6.17. The van der Waals surface area contributed by atoms with Crippen molar-refractivity contribution in [1.82, 2.24) is 0 Å². The van der Waals surface area contributed by atoms with Crippen LogP contribution >= 0.6 is 0 Å². The first-order chi connectivity index (χ1) is 7.58. The molecule has 0 unspecified atom stereocenters. The van der Waals surface area contributed by atoms with Crippen LogP contribution < -0.4 is 0 Å². The molecule has 1 N–H and O–H groups in total. The second-order valence-corrected chi connectivity index (χ2v) is 4.35. The van der Waals surface area contributed by atoms with E-state index in [-0.39, 0.29) is 0 Å². The third-order valence-corrected chi connectivity index (χ3v) is 2.76. The average molecular weight is 212 g/mol. The monoisotopic (exact) mass is 212 g/mol. The number of phenols is 1. The first kappa shape index (κ1) is 10.7. The number of hydrogen-bond acceptors (Lipinski definition) is 1. The van der Waals surface area contributed by atoms with Crippen LogP contribution in [0.4, 0.5) is 0 Å². The Bertz CT molecular complexity index is 486. The lowest BCUT2D eigenvalue weighted by molar-refractivity contribution is 0.477. The Morgan fingerprint density at radius 1 is 0.875 bits per heavy atom. The molecule has 0 aliphatic rings. The molecule has 2 rings (SSSR count). The molecule has 1 heteroatoms. The van der Waals surface area contributed by atoms with E-state index in [1.807, 2.05) is 19.1 Å². The normalized spacial score (nSPS) is 10.4. The number of aromatic hydroxyl groups is 1. The summed E-state index contributed by atoms with van der Waals surface area (Å²) < 4.78 is 0. The van der Waals surface area contributed by atoms with Gasteiger partial charge < -0.3 is 5.11 Å². The molecule has 0 saturated heterocycles. The lowest BCUT2D eigenvalue weighted by atomic mass is 9.96. The molecule has 0 radical (unpaired) electrons. The van der Waals surface area contributed by atoms with Crippen LogP contribution in [0.3, 0.4) is 0 Å². The molecule has 2 aromatic carbocycles. The van der Waals surface area contributed by atoms with Gasteiger partial charge in [-0.05, 0) is 38.0 Å². The summed E-state index contributed by atoms with van der Waals surface area (Å²) in [6.07, 6.45) is 0. The summed E-state index contributed by atoms with van der Waals surface area (Å²) in [5, 5.41) is 9.93. The Hall–Kier alpha value is -1.76. The number of aryl methyl sites for hydroxylation is 3. The van der Waals surface area contributed by atoms with Gasteiger partial charge in [0.15, 0.2) is 0 Å². The molecule has 2 aromatic rings. The summed E-state index contributed by atoms with van der Waals surface area (Å²) >= 11 is 0. The third-order valence-electron chi connectivity index (χ3n) is 2.76. The molecule has 0 saturated carbocycles. The van der Waals surface area contributed by atoms with Gasteiger partial charge in [0.25, 0.3) is 0 Å². The van der Waals surface area contributed by atoms with Crippen LogP contribution in [0.2, 0.25) is 0 Å². The Labute approximate surface area is 96.4 Å². The van der Waals surface area contributed by atoms with Crippen molar-refractivity contribution in [3.05, 3.63) is 53.1 Å².